The van der Waals surface area contributed by atoms with Crippen molar-refractivity contribution in [3.05, 3.63) is 0 Å². The SMILES string of the molecule is CC1(C)C[C@]2(CCCN(CC#N)C2)CCO1. The van der Waals surface area contributed by atoms with Gasteiger partial charge in [-0.15, -0.1) is 0 Å². The highest BCUT2D eigenvalue weighted by molar-refractivity contribution is 4.96. The topological polar surface area (TPSA) is 36.3 Å². The van der Waals surface area contributed by atoms with Crippen LogP contribution in [0.5, 0.6) is 0 Å². The summed E-state index contributed by atoms with van der Waals surface area (Å²) in [4.78, 5) is 2.31. The number of likely N-dealkylation sites (tertiary alicyclic amines) is 1. The van der Waals surface area contributed by atoms with Crippen LogP contribution in [0.4, 0.5) is 0 Å². The highest BCUT2D eigenvalue weighted by atomic mass is 16.5. The van der Waals surface area contributed by atoms with Gasteiger partial charge in [0, 0.05) is 13.2 Å². The van der Waals surface area contributed by atoms with Crippen LogP contribution in [0.25, 0.3) is 0 Å². The molecule has 2 aliphatic rings. The molecule has 0 aromatic rings. The minimum atomic E-state index is 0.0217. The molecule has 1 atom stereocenters. The predicted molar refractivity (Wildman–Crippen MR) is 63.0 cm³/mol. The van der Waals surface area contributed by atoms with E-state index in [1.54, 1.807) is 0 Å². The van der Waals surface area contributed by atoms with Crippen molar-refractivity contribution in [2.75, 3.05) is 26.2 Å². The highest BCUT2D eigenvalue weighted by Crippen LogP contribution is 2.44. The molecule has 3 nitrogen and oxygen atoms in total. The Morgan fingerprint density at radius 2 is 2.19 bits per heavy atom. The molecule has 2 heterocycles. The van der Waals surface area contributed by atoms with E-state index < -0.39 is 0 Å². The number of nitriles is 1. The molecule has 0 aromatic heterocycles. The number of ether oxygens (including phenoxy) is 1. The van der Waals surface area contributed by atoms with Crippen LogP contribution in [0.3, 0.4) is 0 Å². The zero-order chi connectivity index (χ0) is 11.6. The van der Waals surface area contributed by atoms with Crippen LogP contribution in [0.1, 0.15) is 39.5 Å². The molecule has 2 saturated heterocycles. The molecule has 0 bridgehead atoms. The summed E-state index contributed by atoms with van der Waals surface area (Å²) >= 11 is 0. The Labute approximate surface area is 98.4 Å². The van der Waals surface area contributed by atoms with Gasteiger partial charge in [0.05, 0.1) is 18.2 Å². The molecular weight excluding hydrogens is 200 g/mol. The van der Waals surface area contributed by atoms with Crippen molar-refractivity contribution >= 4 is 0 Å². The fourth-order valence-corrected chi connectivity index (χ4v) is 3.48. The molecule has 3 heteroatoms. The van der Waals surface area contributed by atoms with Gasteiger partial charge in [0.25, 0.3) is 0 Å². The van der Waals surface area contributed by atoms with E-state index >= 15 is 0 Å². The summed E-state index contributed by atoms with van der Waals surface area (Å²) in [6.45, 7) is 8.04. The number of hydrogen-bond acceptors (Lipinski definition) is 3. The maximum Gasteiger partial charge on any atom is 0.0866 e. The van der Waals surface area contributed by atoms with Crippen LogP contribution in [-0.2, 0) is 4.74 Å². The largest absolute Gasteiger partial charge is 0.376 e. The van der Waals surface area contributed by atoms with Crippen LogP contribution in [0.15, 0.2) is 0 Å². The van der Waals surface area contributed by atoms with E-state index in [-0.39, 0.29) is 5.60 Å². The van der Waals surface area contributed by atoms with Crippen molar-refractivity contribution in [2.24, 2.45) is 5.41 Å². The molecule has 0 N–H and O–H groups in total. The highest BCUT2D eigenvalue weighted by Gasteiger charge is 2.43. The van der Waals surface area contributed by atoms with Gasteiger partial charge in [-0.3, -0.25) is 4.90 Å². The molecule has 2 fully saturated rings. The Bertz CT molecular complexity index is 291. The first-order chi connectivity index (χ1) is 7.55. The third-order valence-electron chi connectivity index (χ3n) is 3.96. The number of rotatable bonds is 1. The first-order valence-electron chi connectivity index (χ1n) is 6.29. The van der Waals surface area contributed by atoms with Crippen molar-refractivity contribution in [3.63, 3.8) is 0 Å². The third-order valence-corrected chi connectivity index (χ3v) is 3.96. The van der Waals surface area contributed by atoms with Crippen LogP contribution in [0.2, 0.25) is 0 Å². The normalized spacial score (nSPS) is 34.8. The van der Waals surface area contributed by atoms with Gasteiger partial charge >= 0.3 is 0 Å². The second kappa shape index (κ2) is 4.35. The Morgan fingerprint density at radius 3 is 2.88 bits per heavy atom. The summed E-state index contributed by atoms with van der Waals surface area (Å²) in [5.41, 5.74) is 0.435. The number of piperidine rings is 1. The lowest BCUT2D eigenvalue weighted by Crippen LogP contribution is -2.50. The Hall–Kier alpha value is -0.590. The molecule has 2 rings (SSSR count). The minimum Gasteiger partial charge on any atom is -0.376 e. The zero-order valence-electron chi connectivity index (χ0n) is 10.5. The van der Waals surface area contributed by atoms with Crippen LogP contribution in [-0.4, -0.2) is 36.7 Å². The lowest BCUT2D eigenvalue weighted by molar-refractivity contribution is -0.121. The van der Waals surface area contributed by atoms with E-state index in [2.05, 4.69) is 24.8 Å². The van der Waals surface area contributed by atoms with Crippen molar-refractivity contribution in [2.45, 2.75) is 45.1 Å². The van der Waals surface area contributed by atoms with Gasteiger partial charge in [-0.2, -0.15) is 5.26 Å². The number of hydrogen-bond donors (Lipinski definition) is 0. The Morgan fingerprint density at radius 1 is 1.38 bits per heavy atom. The second-order valence-corrected chi connectivity index (χ2v) is 6.01. The maximum absolute atomic E-state index is 8.79. The van der Waals surface area contributed by atoms with E-state index in [1.807, 2.05) is 0 Å². The second-order valence-electron chi connectivity index (χ2n) is 6.01. The van der Waals surface area contributed by atoms with Crippen LogP contribution in [0, 0.1) is 16.7 Å². The first kappa shape index (κ1) is 11.9. The minimum absolute atomic E-state index is 0.0217. The standard InChI is InChI=1S/C13H22N2O/c1-12(2)10-13(5-9-16-12)4-3-7-15(11-13)8-6-14/h3-5,7-11H2,1-2H3/t13-/m0/s1. The fourth-order valence-electron chi connectivity index (χ4n) is 3.48. The molecule has 2 aliphatic heterocycles. The van der Waals surface area contributed by atoms with E-state index in [0.29, 0.717) is 12.0 Å². The summed E-state index contributed by atoms with van der Waals surface area (Å²) in [5, 5.41) is 8.79. The quantitative estimate of drug-likeness (QED) is 0.638. The van der Waals surface area contributed by atoms with Gasteiger partial charge < -0.3 is 4.74 Å². The van der Waals surface area contributed by atoms with E-state index in [0.717, 1.165) is 26.1 Å². The van der Waals surface area contributed by atoms with Crippen LogP contribution >= 0.6 is 0 Å². The van der Waals surface area contributed by atoms with Crippen molar-refractivity contribution in [1.82, 2.24) is 4.90 Å². The smallest absolute Gasteiger partial charge is 0.0866 e. The van der Waals surface area contributed by atoms with Gasteiger partial charge in [0.15, 0.2) is 0 Å². The molecule has 0 radical (unpaired) electrons. The first-order valence-corrected chi connectivity index (χ1v) is 6.29. The lowest BCUT2D eigenvalue weighted by Gasteiger charge is -2.49. The summed E-state index contributed by atoms with van der Waals surface area (Å²) in [7, 11) is 0. The molecule has 90 valence electrons. The molecule has 0 aromatic carbocycles. The maximum atomic E-state index is 8.79. The van der Waals surface area contributed by atoms with Gasteiger partial charge in [0.1, 0.15) is 0 Å². The molecule has 1 spiro atoms. The molecule has 0 aliphatic carbocycles. The Balaban J connectivity index is 2.04. The average Bonchev–Trinajstić information content (AvgIpc) is 2.16. The fraction of sp³-hybridized carbons (Fsp3) is 0.923. The average molecular weight is 222 g/mol. The predicted octanol–water partition coefficient (Wildman–Crippen LogP) is 2.18. The van der Waals surface area contributed by atoms with Crippen LogP contribution < -0.4 is 0 Å². The zero-order valence-corrected chi connectivity index (χ0v) is 10.5. The van der Waals surface area contributed by atoms with E-state index in [9.17, 15) is 0 Å². The Kier molecular flexibility index (Phi) is 3.23. The molecule has 0 saturated carbocycles. The van der Waals surface area contributed by atoms with Crippen molar-refractivity contribution < 1.29 is 4.74 Å². The summed E-state index contributed by atoms with van der Waals surface area (Å²) < 4.78 is 5.80. The summed E-state index contributed by atoms with van der Waals surface area (Å²) in [6.07, 6.45) is 4.85. The van der Waals surface area contributed by atoms with Gasteiger partial charge in [0.2, 0.25) is 0 Å². The van der Waals surface area contributed by atoms with Gasteiger partial charge in [-0.05, 0) is 51.5 Å². The van der Waals surface area contributed by atoms with E-state index in [1.165, 1.54) is 19.3 Å². The van der Waals surface area contributed by atoms with Gasteiger partial charge in [-0.1, -0.05) is 0 Å². The monoisotopic (exact) mass is 222 g/mol. The third kappa shape index (κ3) is 2.56. The van der Waals surface area contributed by atoms with Crippen molar-refractivity contribution in [1.29, 1.82) is 5.26 Å². The summed E-state index contributed by atoms with van der Waals surface area (Å²) in [5.74, 6) is 0. The number of nitrogens with zero attached hydrogens (tertiary/aromatic N) is 2. The molecule has 0 amide bonds. The summed E-state index contributed by atoms with van der Waals surface area (Å²) in [6, 6.07) is 2.27. The molecular formula is C13H22N2O. The lowest BCUT2D eigenvalue weighted by atomic mass is 9.69. The molecule has 16 heavy (non-hydrogen) atoms. The van der Waals surface area contributed by atoms with Crippen molar-refractivity contribution in [3.8, 4) is 6.07 Å². The van der Waals surface area contributed by atoms with E-state index in [4.69, 9.17) is 10.00 Å². The molecule has 0 unspecified atom stereocenters. The van der Waals surface area contributed by atoms with Gasteiger partial charge in [-0.25, -0.2) is 0 Å².